The molecular weight excluding hydrogens is 212 g/mol. The second-order valence-electron chi connectivity index (χ2n) is 4.74. The van der Waals surface area contributed by atoms with Gasteiger partial charge in [-0.15, -0.1) is 10.2 Å². The second-order valence-corrected chi connectivity index (χ2v) is 4.74. The van der Waals surface area contributed by atoms with E-state index in [0.29, 0.717) is 0 Å². The molecule has 1 aliphatic carbocycles. The number of nitrogens with two attached hydrogens (primary N) is 1. The number of aromatic nitrogens is 3. The van der Waals surface area contributed by atoms with Crippen LogP contribution < -0.4 is 5.73 Å². The molecule has 0 amide bonds. The van der Waals surface area contributed by atoms with Gasteiger partial charge in [0, 0.05) is 11.0 Å². The number of rotatable bonds is 1. The minimum absolute atomic E-state index is 0.0537. The highest BCUT2D eigenvalue weighted by atomic mass is 15.2. The molecule has 0 spiro atoms. The maximum absolute atomic E-state index is 5.57. The molecule has 4 nitrogen and oxygen atoms in total. The number of nitrogens with zero attached hydrogens (tertiary/aromatic N) is 3. The first-order valence-electron chi connectivity index (χ1n) is 5.54. The lowest BCUT2D eigenvalue weighted by atomic mass is 9.93. The molecule has 0 atom stereocenters. The topological polar surface area (TPSA) is 64.7 Å². The predicted molar refractivity (Wildman–Crippen MR) is 69.0 cm³/mol. The fraction of sp³-hybridized carbons (Fsp3) is 0.308. The number of nitrogen functional groups attached to an aromatic ring is 1. The summed E-state index contributed by atoms with van der Waals surface area (Å²) in [6.07, 6.45) is 10.4. The number of anilines is 1. The van der Waals surface area contributed by atoms with Gasteiger partial charge in [-0.05, 0) is 6.92 Å². The van der Waals surface area contributed by atoms with Crippen molar-refractivity contribution in [3.8, 4) is 0 Å². The van der Waals surface area contributed by atoms with Gasteiger partial charge >= 0.3 is 0 Å². The molecule has 0 saturated heterocycles. The number of aryl methyl sites for hydroxylation is 1. The van der Waals surface area contributed by atoms with Crippen molar-refractivity contribution in [3.63, 3.8) is 0 Å². The Kier molecular flexibility index (Phi) is 2.79. The van der Waals surface area contributed by atoms with Gasteiger partial charge in [0.05, 0.1) is 11.4 Å². The number of hydrogen-bond donors (Lipinski definition) is 1. The van der Waals surface area contributed by atoms with Gasteiger partial charge < -0.3 is 5.73 Å². The van der Waals surface area contributed by atoms with Gasteiger partial charge in [0.1, 0.15) is 0 Å². The zero-order valence-corrected chi connectivity index (χ0v) is 10.3. The van der Waals surface area contributed by atoms with Gasteiger partial charge in [0.25, 0.3) is 0 Å². The van der Waals surface area contributed by atoms with Crippen LogP contribution in [-0.2, 0) is 0 Å². The third-order valence-corrected chi connectivity index (χ3v) is 2.64. The Labute approximate surface area is 101 Å². The molecule has 0 aromatic carbocycles. The van der Waals surface area contributed by atoms with Crippen molar-refractivity contribution in [2.24, 2.45) is 5.41 Å². The molecule has 0 unspecified atom stereocenters. The molecule has 1 aromatic rings. The molecular formula is C13H16N4. The minimum Gasteiger partial charge on any atom is -0.366 e. The molecule has 88 valence electrons. The Balaban J connectivity index is 2.45. The standard InChI is InChI=1S/C13H16N4/c1-9-11(15-12(14)17-16-9)10-5-4-7-13(2,3)8-6-10/h4-8H,1-3H3,(H2,14,15,17). The van der Waals surface area contributed by atoms with Crippen molar-refractivity contribution in [2.45, 2.75) is 20.8 Å². The largest absolute Gasteiger partial charge is 0.366 e. The summed E-state index contributed by atoms with van der Waals surface area (Å²) in [5.74, 6) is 0.201. The van der Waals surface area contributed by atoms with E-state index < -0.39 is 0 Å². The van der Waals surface area contributed by atoms with Crippen LogP contribution in [0.4, 0.5) is 5.95 Å². The van der Waals surface area contributed by atoms with Gasteiger partial charge in [-0.1, -0.05) is 44.2 Å². The average molecular weight is 228 g/mol. The van der Waals surface area contributed by atoms with Crippen molar-refractivity contribution < 1.29 is 0 Å². The summed E-state index contributed by atoms with van der Waals surface area (Å²) < 4.78 is 0. The van der Waals surface area contributed by atoms with Crippen LogP contribution in [0.15, 0.2) is 30.4 Å². The van der Waals surface area contributed by atoms with Crippen molar-refractivity contribution in [1.82, 2.24) is 15.2 Å². The van der Waals surface area contributed by atoms with Crippen LogP contribution in [0.2, 0.25) is 0 Å². The summed E-state index contributed by atoms with van der Waals surface area (Å²) in [6, 6.07) is 0. The molecule has 2 N–H and O–H groups in total. The molecule has 1 aromatic heterocycles. The van der Waals surface area contributed by atoms with E-state index >= 15 is 0 Å². The molecule has 0 aliphatic heterocycles. The first kappa shape index (κ1) is 11.5. The molecule has 2 rings (SSSR count). The summed E-state index contributed by atoms with van der Waals surface area (Å²) in [5.41, 5.74) is 8.20. The zero-order chi connectivity index (χ0) is 12.5. The quantitative estimate of drug-likeness (QED) is 0.801. The second kappa shape index (κ2) is 4.13. The van der Waals surface area contributed by atoms with E-state index in [-0.39, 0.29) is 11.4 Å². The average Bonchev–Trinajstić information content (AvgIpc) is 2.43. The van der Waals surface area contributed by atoms with Crippen molar-refractivity contribution in [2.75, 3.05) is 5.73 Å². The van der Waals surface area contributed by atoms with E-state index in [1.165, 1.54) is 0 Å². The molecule has 17 heavy (non-hydrogen) atoms. The van der Waals surface area contributed by atoms with E-state index in [1.54, 1.807) is 0 Å². The van der Waals surface area contributed by atoms with Crippen molar-refractivity contribution >= 4 is 11.5 Å². The molecule has 0 bridgehead atoms. The fourth-order valence-electron chi connectivity index (χ4n) is 1.64. The third kappa shape index (κ3) is 2.58. The lowest BCUT2D eigenvalue weighted by Crippen LogP contribution is -2.04. The predicted octanol–water partition coefficient (Wildman–Crippen LogP) is 2.30. The summed E-state index contributed by atoms with van der Waals surface area (Å²) in [6.45, 7) is 6.18. The highest BCUT2D eigenvalue weighted by Gasteiger charge is 2.13. The highest BCUT2D eigenvalue weighted by molar-refractivity contribution is 5.75. The molecule has 1 heterocycles. The maximum Gasteiger partial charge on any atom is 0.240 e. The lowest BCUT2D eigenvalue weighted by Gasteiger charge is -2.12. The summed E-state index contributed by atoms with van der Waals surface area (Å²) in [4.78, 5) is 4.24. The number of allylic oxidation sites excluding steroid dienone is 6. The van der Waals surface area contributed by atoms with Crippen LogP contribution in [0.3, 0.4) is 0 Å². The first-order valence-corrected chi connectivity index (χ1v) is 5.54. The normalized spacial score (nSPS) is 17.7. The smallest absolute Gasteiger partial charge is 0.240 e. The van der Waals surface area contributed by atoms with Gasteiger partial charge in [0.15, 0.2) is 0 Å². The summed E-state index contributed by atoms with van der Waals surface area (Å²) in [5, 5.41) is 7.72. The Morgan fingerprint density at radius 1 is 1.18 bits per heavy atom. The Hall–Kier alpha value is -1.97. The van der Waals surface area contributed by atoms with E-state index in [2.05, 4.69) is 47.3 Å². The van der Waals surface area contributed by atoms with Crippen molar-refractivity contribution in [1.29, 1.82) is 0 Å². The van der Waals surface area contributed by atoms with Gasteiger partial charge in [-0.25, -0.2) is 4.98 Å². The fourth-order valence-corrected chi connectivity index (χ4v) is 1.64. The van der Waals surface area contributed by atoms with Crippen molar-refractivity contribution in [3.05, 3.63) is 41.8 Å². The highest BCUT2D eigenvalue weighted by Crippen LogP contribution is 2.26. The molecule has 0 fully saturated rings. The summed E-state index contributed by atoms with van der Waals surface area (Å²) in [7, 11) is 0. The SMILES string of the molecule is Cc1nnc(N)nc1C1=CC=CC(C)(C)C=C1. The Bertz CT molecular complexity index is 524. The third-order valence-electron chi connectivity index (χ3n) is 2.64. The molecule has 1 aliphatic rings. The van der Waals surface area contributed by atoms with Crippen LogP contribution in [0.1, 0.15) is 25.2 Å². The van der Waals surface area contributed by atoms with Crippen LogP contribution in [-0.4, -0.2) is 15.2 Å². The van der Waals surface area contributed by atoms with Gasteiger partial charge in [-0.2, -0.15) is 0 Å². The van der Waals surface area contributed by atoms with E-state index in [0.717, 1.165) is 17.0 Å². The lowest BCUT2D eigenvalue weighted by molar-refractivity contribution is 0.627. The molecule has 0 radical (unpaired) electrons. The Morgan fingerprint density at radius 2 is 1.94 bits per heavy atom. The van der Waals surface area contributed by atoms with Gasteiger partial charge in [-0.3, -0.25) is 0 Å². The monoisotopic (exact) mass is 228 g/mol. The molecule has 4 heteroatoms. The van der Waals surface area contributed by atoms with Crippen LogP contribution in [0.25, 0.3) is 5.57 Å². The summed E-state index contributed by atoms with van der Waals surface area (Å²) >= 11 is 0. The van der Waals surface area contributed by atoms with Crippen LogP contribution >= 0.6 is 0 Å². The number of hydrogen-bond acceptors (Lipinski definition) is 4. The van der Waals surface area contributed by atoms with Crippen LogP contribution in [0, 0.1) is 12.3 Å². The first-order chi connectivity index (χ1) is 7.98. The Morgan fingerprint density at radius 3 is 2.71 bits per heavy atom. The van der Waals surface area contributed by atoms with E-state index in [1.807, 2.05) is 19.1 Å². The van der Waals surface area contributed by atoms with Gasteiger partial charge in [0.2, 0.25) is 5.95 Å². The maximum atomic E-state index is 5.57. The minimum atomic E-state index is 0.0537. The molecule has 0 saturated carbocycles. The van der Waals surface area contributed by atoms with E-state index in [9.17, 15) is 0 Å². The van der Waals surface area contributed by atoms with E-state index in [4.69, 9.17) is 5.73 Å². The van der Waals surface area contributed by atoms with Crippen LogP contribution in [0.5, 0.6) is 0 Å². The zero-order valence-electron chi connectivity index (χ0n) is 10.3.